The molecule has 0 amide bonds. The average Bonchev–Trinajstić information content (AvgIpc) is 3.04. The Kier molecular flexibility index (Phi) is 3.90. The summed E-state index contributed by atoms with van der Waals surface area (Å²) in [5, 5.41) is 0.490. The van der Waals surface area contributed by atoms with Gasteiger partial charge >= 0.3 is 0 Å². The first-order chi connectivity index (χ1) is 10.7. The Bertz CT molecular complexity index is 835. The van der Waals surface area contributed by atoms with Crippen LogP contribution in [-0.2, 0) is 0 Å². The molecule has 108 valence electrons. The van der Waals surface area contributed by atoms with Gasteiger partial charge in [-0.2, -0.15) is 0 Å². The minimum absolute atomic E-state index is 0.128. The summed E-state index contributed by atoms with van der Waals surface area (Å²) in [6.07, 6.45) is 0.618. The van der Waals surface area contributed by atoms with Gasteiger partial charge in [-0.15, -0.1) is 0 Å². The molecule has 0 saturated carbocycles. The van der Waals surface area contributed by atoms with Crippen LogP contribution in [0.4, 0.5) is 0 Å². The van der Waals surface area contributed by atoms with Crippen LogP contribution in [0.15, 0.2) is 65.1 Å². The van der Waals surface area contributed by atoms with E-state index in [1.807, 2.05) is 6.07 Å². The van der Waals surface area contributed by atoms with Crippen molar-refractivity contribution in [2.45, 2.75) is 0 Å². The second-order valence-corrected chi connectivity index (χ2v) is 5.14. The molecular weight excluding hydrogens is 300 g/mol. The van der Waals surface area contributed by atoms with Crippen molar-refractivity contribution in [3.8, 4) is 11.3 Å². The van der Waals surface area contributed by atoms with E-state index in [1.54, 1.807) is 54.6 Å². The van der Waals surface area contributed by atoms with Crippen LogP contribution in [0, 0.1) is 0 Å². The third-order valence-electron chi connectivity index (χ3n) is 3.27. The van der Waals surface area contributed by atoms with Gasteiger partial charge in [0.05, 0.1) is 0 Å². The van der Waals surface area contributed by atoms with Crippen LogP contribution in [0.1, 0.15) is 26.5 Å². The molecule has 0 unspecified atom stereocenters. The fourth-order valence-corrected chi connectivity index (χ4v) is 2.40. The van der Waals surface area contributed by atoms with E-state index in [0.717, 1.165) is 0 Å². The Morgan fingerprint density at radius 3 is 2.45 bits per heavy atom. The van der Waals surface area contributed by atoms with Gasteiger partial charge in [0.25, 0.3) is 0 Å². The summed E-state index contributed by atoms with van der Waals surface area (Å²) >= 11 is 6.04. The van der Waals surface area contributed by atoms with E-state index >= 15 is 0 Å². The number of rotatable bonds is 4. The Labute approximate surface area is 132 Å². The lowest BCUT2D eigenvalue weighted by Crippen LogP contribution is -2.03. The molecule has 0 N–H and O–H groups in total. The van der Waals surface area contributed by atoms with Crippen LogP contribution in [0.2, 0.25) is 5.02 Å². The number of carbonyl (C=O) groups excluding carboxylic acids is 2. The highest BCUT2D eigenvalue weighted by molar-refractivity contribution is 6.31. The summed E-state index contributed by atoms with van der Waals surface area (Å²) < 4.78 is 5.42. The summed E-state index contributed by atoms with van der Waals surface area (Å²) in [5.41, 5.74) is 1.62. The van der Waals surface area contributed by atoms with Gasteiger partial charge in [-0.05, 0) is 30.3 Å². The minimum Gasteiger partial charge on any atom is -0.453 e. The molecule has 1 heterocycles. The van der Waals surface area contributed by atoms with Gasteiger partial charge < -0.3 is 4.42 Å². The summed E-state index contributed by atoms with van der Waals surface area (Å²) in [6.45, 7) is 0. The third-order valence-corrected chi connectivity index (χ3v) is 3.51. The van der Waals surface area contributed by atoms with Gasteiger partial charge in [-0.3, -0.25) is 9.59 Å². The van der Waals surface area contributed by atoms with Crippen molar-refractivity contribution in [3.05, 3.63) is 82.6 Å². The van der Waals surface area contributed by atoms with Crippen LogP contribution < -0.4 is 0 Å². The van der Waals surface area contributed by atoms with E-state index < -0.39 is 0 Å². The van der Waals surface area contributed by atoms with Gasteiger partial charge in [0.15, 0.2) is 17.8 Å². The van der Waals surface area contributed by atoms with Crippen LogP contribution in [-0.4, -0.2) is 12.1 Å². The number of hydrogen-bond acceptors (Lipinski definition) is 3. The number of halogens is 1. The van der Waals surface area contributed by atoms with E-state index in [1.165, 1.54) is 0 Å². The number of carbonyl (C=O) groups is 2. The predicted molar refractivity (Wildman–Crippen MR) is 84.4 cm³/mol. The number of hydrogen-bond donors (Lipinski definition) is 0. The maximum Gasteiger partial charge on any atom is 0.193 e. The van der Waals surface area contributed by atoms with Gasteiger partial charge in [-0.1, -0.05) is 41.9 Å². The van der Waals surface area contributed by atoms with Gasteiger partial charge in [0.2, 0.25) is 0 Å². The molecule has 3 nitrogen and oxygen atoms in total. The molecule has 3 aromatic rings. The van der Waals surface area contributed by atoms with E-state index in [-0.39, 0.29) is 11.5 Å². The molecular formula is C18H11ClO3. The molecule has 0 saturated heterocycles. The first kappa shape index (κ1) is 14.3. The van der Waals surface area contributed by atoms with Crippen molar-refractivity contribution in [3.63, 3.8) is 0 Å². The molecule has 1 aromatic heterocycles. The molecule has 4 heteroatoms. The van der Waals surface area contributed by atoms with E-state index in [9.17, 15) is 9.59 Å². The molecule has 3 rings (SSSR count). The van der Waals surface area contributed by atoms with Crippen molar-refractivity contribution in [1.29, 1.82) is 0 Å². The minimum atomic E-state index is -0.128. The molecule has 0 radical (unpaired) electrons. The highest BCUT2D eigenvalue weighted by Crippen LogP contribution is 2.30. The quantitative estimate of drug-likeness (QED) is 0.521. The van der Waals surface area contributed by atoms with Crippen molar-refractivity contribution >= 4 is 23.7 Å². The lowest BCUT2D eigenvalue weighted by molar-refractivity contribution is 0.103. The van der Waals surface area contributed by atoms with Crippen molar-refractivity contribution in [2.24, 2.45) is 0 Å². The highest BCUT2D eigenvalue weighted by atomic mass is 35.5. The van der Waals surface area contributed by atoms with E-state index in [0.29, 0.717) is 33.8 Å². The van der Waals surface area contributed by atoms with Gasteiger partial charge in [0, 0.05) is 21.7 Å². The number of aldehydes is 1. The van der Waals surface area contributed by atoms with Crippen molar-refractivity contribution in [2.75, 3.05) is 0 Å². The van der Waals surface area contributed by atoms with Crippen LogP contribution in [0.25, 0.3) is 11.3 Å². The average molecular weight is 311 g/mol. The lowest BCUT2D eigenvalue weighted by Gasteiger charge is -2.07. The van der Waals surface area contributed by atoms with Crippen LogP contribution in [0.5, 0.6) is 0 Å². The largest absolute Gasteiger partial charge is 0.453 e. The number of benzene rings is 2. The number of furan rings is 1. The fourth-order valence-electron chi connectivity index (χ4n) is 2.22. The summed E-state index contributed by atoms with van der Waals surface area (Å²) in [4.78, 5) is 23.4. The zero-order valence-electron chi connectivity index (χ0n) is 11.5. The molecule has 22 heavy (non-hydrogen) atoms. The summed E-state index contributed by atoms with van der Waals surface area (Å²) in [6, 6.07) is 17.1. The summed E-state index contributed by atoms with van der Waals surface area (Å²) in [5.74, 6) is 0.508. The van der Waals surface area contributed by atoms with E-state index in [2.05, 4.69) is 0 Å². The molecule has 0 atom stereocenters. The topological polar surface area (TPSA) is 47.3 Å². The maximum atomic E-state index is 12.7. The Morgan fingerprint density at radius 2 is 1.77 bits per heavy atom. The Morgan fingerprint density at radius 1 is 1.00 bits per heavy atom. The molecule has 0 spiro atoms. The SMILES string of the molecule is O=Cc1ccc(-c2cc(Cl)ccc2C(=O)c2ccccc2)o1. The standard InChI is InChI=1S/C18H11ClO3/c19-13-6-8-15(18(21)12-4-2-1-3-5-12)16(10-13)17-9-7-14(11-20)22-17/h1-11H. The Hall–Kier alpha value is -2.65. The first-order valence-electron chi connectivity index (χ1n) is 6.64. The maximum absolute atomic E-state index is 12.7. The van der Waals surface area contributed by atoms with E-state index in [4.69, 9.17) is 16.0 Å². The third kappa shape index (κ3) is 2.71. The lowest BCUT2D eigenvalue weighted by atomic mass is 9.97. The Balaban J connectivity index is 2.12. The van der Waals surface area contributed by atoms with Crippen LogP contribution >= 0.6 is 11.6 Å². The van der Waals surface area contributed by atoms with Gasteiger partial charge in [-0.25, -0.2) is 0 Å². The molecule has 0 aliphatic rings. The second-order valence-electron chi connectivity index (χ2n) is 4.70. The zero-order valence-corrected chi connectivity index (χ0v) is 12.2. The zero-order chi connectivity index (χ0) is 15.5. The fraction of sp³-hybridized carbons (Fsp3) is 0. The highest BCUT2D eigenvalue weighted by Gasteiger charge is 2.17. The van der Waals surface area contributed by atoms with Gasteiger partial charge in [0.1, 0.15) is 5.76 Å². The van der Waals surface area contributed by atoms with Crippen LogP contribution in [0.3, 0.4) is 0 Å². The molecule has 0 aliphatic heterocycles. The first-order valence-corrected chi connectivity index (χ1v) is 7.01. The molecule has 0 bridgehead atoms. The second kappa shape index (κ2) is 6.00. The number of ketones is 1. The summed E-state index contributed by atoms with van der Waals surface area (Å²) in [7, 11) is 0. The van der Waals surface area contributed by atoms with Crippen molar-refractivity contribution in [1.82, 2.24) is 0 Å². The molecule has 0 aliphatic carbocycles. The normalized spacial score (nSPS) is 10.4. The molecule has 0 fully saturated rings. The molecule has 2 aromatic carbocycles. The van der Waals surface area contributed by atoms with Crippen molar-refractivity contribution < 1.29 is 14.0 Å². The monoisotopic (exact) mass is 310 g/mol. The predicted octanol–water partition coefficient (Wildman–Crippen LogP) is 4.64. The smallest absolute Gasteiger partial charge is 0.193 e.